The predicted octanol–water partition coefficient (Wildman–Crippen LogP) is 2.11. The topological polar surface area (TPSA) is 72.3 Å². The number of aromatic nitrogens is 4. The van der Waals surface area contributed by atoms with Crippen molar-refractivity contribution in [1.29, 1.82) is 0 Å². The Kier molecular flexibility index (Phi) is 3.12. The highest BCUT2D eigenvalue weighted by Gasteiger charge is 2.31. The first-order valence-electron chi connectivity index (χ1n) is 6.09. The van der Waals surface area contributed by atoms with E-state index >= 15 is 0 Å². The summed E-state index contributed by atoms with van der Waals surface area (Å²) in [6.07, 6.45) is -1.59. The van der Waals surface area contributed by atoms with Crippen LogP contribution < -0.4 is 10.3 Å². The van der Waals surface area contributed by atoms with Gasteiger partial charge in [0.25, 0.3) is 0 Å². The first-order chi connectivity index (χ1) is 10.4. The van der Waals surface area contributed by atoms with Crippen molar-refractivity contribution in [3.63, 3.8) is 0 Å². The van der Waals surface area contributed by atoms with Crippen molar-refractivity contribution in [1.82, 2.24) is 19.6 Å². The Morgan fingerprint density at radius 1 is 1.32 bits per heavy atom. The third-order valence-electron chi connectivity index (χ3n) is 3.11. The fraction of sp³-hybridized carbons (Fsp3) is 0.154. The molecule has 0 aliphatic carbocycles. The summed E-state index contributed by atoms with van der Waals surface area (Å²) in [6.45, 7) is 0. The van der Waals surface area contributed by atoms with Gasteiger partial charge in [-0.05, 0) is 18.2 Å². The number of rotatable bonds is 2. The molecule has 0 spiro atoms. The molecule has 0 aliphatic rings. The first-order valence-corrected chi connectivity index (χ1v) is 6.09. The molecule has 3 aromatic rings. The lowest BCUT2D eigenvalue weighted by Gasteiger charge is -2.12. The van der Waals surface area contributed by atoms with Crippen LogP contribution in [0.2, 0.25) is 0 Å². The van der Waals surface area contributed by atoms with Gasteiger partial charge in [-0.3, -0.25) is 9.20 Å². The van der Waals surface area contributed by atoms with E-state index in [1.165, 1.54) is 30.0 Å². The van der Waals surface area contributed by atoms with E-state index in [2.05, 4.69) is 15.2 Å². The van der Waals surface area contributed by atoms with Gasteiger partial charge in [-0.1, -0.05) is 0 Å². The number of hydrogen-bond donors (Lipinski definition) is 1. The third kappa shape index (κ3) is 2.20. The monoisotopic (exact) mass is 310 g/mol. The van der Waals surface area contributed by atoms with Gasteiger partial charge in [0.05, 0.1) is 18.2 Å². The van der Waals surface area contributed by atoms with Gasteiger partial charge in [0, 0.05) is 12.4 Å². The number of halogens is 3. The molecule has 0 saturated heterocycles. The zero-order chi connectivity index (χ0) is 15.9. The summed E-state index contributed by atoms with van der Waals surface area (Å²) in [4.78, 5) is 15.5. The number of fused-ring (bicyclic) bond motifs is 1. The highest BCUT2D eigenvalue weighted by molar-refractivity contribution is 5.67. The average Bonchev–Trinajstić information content (AvgIpc) is 2.96. The Balaban J connectivity index is 2.25. The number of hydrogen-bond acceptors (Lipinski definition) is 4. The van der Waals surface area contributed by atoms with Gasteiger partial charge < -0.3 is 4.74 Å². The molecule has 0 unspecified atom stereocenters. The van der Waals surface area contributed by atoms with Gasteiger partial charge in [0.1, 0.15) is 5.75 Å². The first kappa shape index (κ1) is 14.1. The summed E-state index contributed by atoms with van der Waals surface area (Å²) >= 11 is 0. The summed E-state index contributed by atoms with van der Waals surface area (Å²) in [5, 5.41) is 6.13. The maximum atomic E-state index is 12.8. The third-order valence-corrected chi connectivity index (χ3v) is 3.11. The van der Waals surface area contributed by atoms with E-state index in [9.17, 15) is 18.0 Å². The van der Waals surface area contributed by atoms with Gasteiger partial charge in [0.15, 0.2) is 5.82 Å². The number of alkyl halides is 3. The highest BCUT2D eigenvalue weighted by atomic mass is 19.4. The minimum absolute atomic E-state index is 0.00984. The lowest BCUT2D eigenvalue weighted by Crippen LogP contribution is -2.14. The van der Waals surface area contributed by atoms with Crippen LogP contribution in [0.1, 0.15) is 5.56 Å². The maximum absolute atomic E-state index is 12.8. The molecule has 0 radical (unpaired) electrons. The molecule has 22 heavy (non-hydrogen) atoms. The predicted molar refractivity (Wildman–Crippen MR) is 70.6 cm³/mol. The van der Waals surface area contributed by atoms with Crippen LogP contribution in [-0.2, 0) is 6.18 Å². The Labute approximate surface area is 121 Å². The minimum atomic E-state index is -4.48. The quantitative estimate of drug-likeness (QED) is 0.787. The number of methoxy groups -OCH3 is 1. The zero-order valence-electron chi connectivity index (χ0n) is 11.2. The van der Waals surface area contributed by atoms with Crippen molar-refractivity contribution < 1.29 is 17.9 Å². The molecule has 0 fully saturated rings. The highest BCUT2D eigenvalue weighted by Crippen LogP contribution is 2.36. The van der Waals surface area contributed by atoms with Gasteiger partial charge in [-0.2, -0.15) is 18.3 Å². The Bertz CT molecular complexity index is 898. The lowest BCUT2D eigenvalue weighted by molar-refractivity contribution is -0.137. The van der Waals surface area contributed by atoms with Crippen molar-refractivity contribution in [2.24, 2.45) is 0 Å². The Hall–Kier alpha value is -2.84. The van der Waals surface area contributed by atoms with E-state index in [4.69, 9.17) is 4.74 Å². The normalized spacial score (nSPS) is 11.8. The second kappa shape index (κ2) is 4.86. The molecule has 2 aromatic heterocycles. The molecule has 3 rings (SSSR count). The van der Waals surface area contributed by atoms with E-state index in [0.717, 1.165) is 12.1 Å². The summed E-state index contributed by atoms with van der Waals surface area (Å²) in [5.74, 6) is 0.210. The fourth-order valence-corrected chi connectivity index (χ4v) is 2.09. The van der Waals surface area contributed by atoms with Crippen LogP contribution in [0.5, 0.6) is 5.75 Å². The van der Waals surface area contributed by atoms with E-state index in [1.54, 1.807) is 0 Å². The molecule has 1 aromatic carbocycles. The number of benzene rings is 1. The molecular formula is C13H9F3N4O2. The van der Waals surface area contributed by atoms with Crippen molar-refractivity contribution in [2.45, 2.75) is 6.18 Å². The standard InChI is InChI=1S/C13H9F3N4O2/c1-22-9-6-7(13(14,15)16)2-3-8(9)10-18-19-12(21)11-17-4-5-20(10)11/h2-6H,1H3,(H,19,21). The minimum Gasteiger partial charge on any atom is -0.496 e. The lowest BCUT2D eigenvalue weighted by atomic mass is 10.1. The van der Waals surface area contributed by atoms with Crippen LogP contribution in [0.4, 0.5) is 13.2 Å². The number of imidazole rings is 1. The summed E-state index contributed by atoms with van der Waals surface area (Å²) in [6, 6.07) is 3.04. The summed E-state index contributed by atoms with van der Waals surface area (Å²) in [7, 11) is 1.26. The van der Waals surface area contributed by atoms with E-state index < -0.39 is 17.3 Å². The van der Waals surface area contributed by atoms with Crippen LogP contribution in [0, 0.1) is 0 Å². The molecular weight excluding hydrogens is 301 g/mol. The Morgan fingerprint density at radius 3 is 2.77 bits per heavy atom. The number of nitrogens with zero attached hydrogens (tertiary/aromatic N) is 3. The molecule has 114 valence electrons. The second-order valence-electron chi connectivity index (χ2n) is 4.41. The van der Waals surface area contributed by atoms with Crippen molar-refractivity contribution >= 4 is 5.65 Å². The zero-order valence-corrected chi connectivity index (χ0v) is 11.2. The molecule has 6 nitrogen and oxygen atoms in total. The van der Waals surface area contributed by atoms with E-state index in [1.807, 2.05) is 0 Å². The molecule has 1 N–H and O–H groups in total. The Morgan fingerprint density at radius 2 is 2.09 bits per heavy atom. The fourth-order valence-electron chi connectivity index (χ4n) is 2.09. The van der Waals surface area contributed by atoms with Crippen molar-refractivity contribution in [2.75, 3.05) is 7.11 Å². The average molecular weight is 310 g/mol. The number of aromatic amines is 1. The molecule has 0 atom stereocenters. The SMILES string of the molecule is COc1cc(C(F)(F)F)ccc1-c1n[nH]c(=O)c2nccn12. The molecule has 0 aliphatic heterocycles. The smallest absolute Gasteiger partial charge is 0.416 e. The van der Waals surface area contributed by atoms with Crippen molar-refractivity contribution in [3.8, 4) is 17.1 Å². The molecule has 2 heterocycles. The molecule has 9 heteroatoms. The van der Waals surface area contributed by atoms with Crippen LogP contribution >= 0.6 is 0 Å². The largest absolute Gasteiger partial charge is 0.496 e. The number of nitrogens with one attached hydrogen (secondary N) is 1. The van der Waals surface area contributed by atoms with Crippen LogP contribution in [0.15, 0.2) is 35.4 Å². The molecule has 0 saturated carbocycles. The van der Waals surface area contributed by atoms with E-state index in [-0.39, 0.29) is 17.2 Å². The summed E-state index contributed by atoms with van der Waals surface area (Å²) in [5.41, 5.74) is -0.944. The van der Waals surface area contributed by atoms with E-state index in [0.29, 0.717) is 5.56 Å². The van der Waals surface area contributed by atoms with Gasteiger partial charge in [-0.25, -0.2) is 10.1 Å². The number of H-pyrrole nitrogens is 1. The van der Waals surface area contributed by atoms with Crippen molar-refractivity contribution in [3.05, 3.63) is 46.5 Å². The second-order valence-corrected chi connectivity index (χ2v) is 4.41. The molecule has 0 amide bonds. The van der Waals surface area contributed by atoms with Gasteiger partial charge in [0.2, 0.25) is 5.65 Å². The van der Waals surface area contributed by atoms with Crippen LogP contribution in [0.3, 0.4) is 0 Å². The molecule has 0 bridgehead atoms. The maximum Gasteiger partial charge on any atom is 0.416 e. The number of ether oxygens (including phenoxy) is 1. The summed E-state index contributed by atoms with van der Waals surface area (Å²) < 4.78 is 44.7. The van der Waals surface area contributed by atoms with Gasteiger partial charge in [-0.15, -0.1) is 0 Å². The van der Waals surface area contributed by atoms with Gasteiger partial charge >= 0.3 is 11.7 Å². The van der Waals surface area contributed by atoms with Crippen LogP contribution in [0.25, 0.3) is 17.0 Å². The van der Waals surface area contributed by atoms with Crippen LogP contribution in [-0.4, -0.2) is 26.7 Å².